The summed E-state index contributed by atoms with van der Waals surface area (Å²) in [5, 5.41) is 8.82. The average molecular weight is 302 g/mol. The van der Waals surface area contributed by atoms with E-state index in [0.29, 0.717) is 12.0 Å². The standard InChI is InChI=1S/C11H11IO2/c1-2-9(11(13)14)7-8-3-5-10(12)6-4-8/h3-7H,2H2,1H3,(H,13,14)/b9-7+. The summed E-state index contributed by atoms with van der Waals surface area (Å²) in [6.07, 6.45) is 2.25. The van der Waals surface area contributed by atoms with Gasteiger partial charge in [-0.15, -0.1) is 0 Å². The van der Waals surface area contributed by atoms with E-state index in [4.69, 9.17) is 5.11 Å². The van der Waals surface area contributed by atoms with Crippen molar-refractivity contribution in [3.05, 3.63) is 39.0 Å². The molecule has 0 amide bonds. The Balaban J connectivity index is 2.95. The maximum Gasteiger partial charge on any atom is 0.331 e. The van der Waals surface area contributed by atoms with Gasteiger partial charge in [0.1, 0.15) is 0 Å². The number of halogens is 1. The minimum atomic E-state index is -0.842. The molecule has 0 saturated carbocycles. The van der Waals surface area contributed by atoms with Gasteiger partial charge in [-0.25, -0.2) is 4.79 Å². The molecule has 1 rings (SSSR count). The van der Waals surface area contributed by atoms with Gasteiger partial charge in [-0.1, -0.05) is 19.1 Å². The van der Waals surface area contributed by atoms with E-state index in [-0.39, 0.29) is 0 Å². The van der Waals surface area contributed by atoms with Crippen molar-refractivity contribution in [3.63, 3.8) is 0 Å². The first-order chi connectivity index (χ1) is 6.63. The van der Waals surface area contributed by atoms with Gasteiger partial charge in [0.05, 0.1) is 0 Å². The van der Waals surface area contributed by atoms with Crippen LogP contribution in [0.3, 0.4) is 0 Å². The first kappa shape index (κ1) is 11.2. The Hall–Kier alpha value is -0.840. The van der Waals surface area contributed by atoms with Crippen molar-refractivity contribution in [2.45, 2.75) is 13.3 Å². The van der Waals surface area contributed by atoms with Gasteiger partial charge < -0.3 is 5.11 Å². The molecule has 0 heterocycles. The molecular formula is C11H11IO2. The van der Waals surface area contributed by atoms with Crippen molar-refractivity contribution >= 4 is 34.6 Å². The molecule has 1 aromatic carbocycles. The van der Waals surface area contributed by atoms with Gasteiger partial charge in [0.15, 0.2) is 0 Å². The quantitative estimate of drug-likeness (QED) is 0.688. The summed E-state index contributed by atoms with van der Waals surface area (Å²) in [7, 11) is 0. The molecule has 0 saturated heterocycles. The summed E-state index contributed by atoms with van der Waals surface area (Å²) in [5.41, 5.74) is 1.37. The maximum atomic E-state index is 10.7. The van der Waals surface area contributed by atoms with Crippen LogP contribution in [-0.2, 0) is 4.79 Å². The number of carbonyl (C=O) groups is 1. The van der Waals surface area contributed by atoms with Gasteiger partial charge in [0.2, 0.25) is 0 Å². The summed E-state index contributed by atoms with van der Waals surface area (Å²) >= 11 is 2.22. The van der Waals surface area contributed by atoms with Crippen LogP contribution in [-0.4, -0.2) is 11.1 Å². The monoisotopic (exact) mass is 302 g/mol. The van der Waals surface area contributed by atoms with Crippen LogP contribution in [0, 0.1) is 3.57 Å². The minimum Gasteiger partial charge on any atom is -0.478 e. The number of benzene rings is 1. The zero-order valence-corrected chi connectivity index (χ0v) is 9.98. The third-order valence-corrected chi connectivity index (χ3v) is 2.59. The molecule has 0 atom stereocenters. The van der Waals surface area contributed by atoms with E-state index in [0.717, 1.165) is 9.13 Å². The van der Waals surface area contributed by atoms with Gasteiger partial charge in [0, 0.05) is 9.14 Å². The topological polar surface area (TPSA) is 37.3 Å². The maximum absolute atomic E-state index is 10.7. The van der Waals surface area contributed by atoms with Crippen LogP contribution >= 0.6 is 22.6 Å². The molecule has 14 heavy (non-hydrogen) atoms. The molecule has 1 N–H and O–H groups in total. The smallest absolute Gasteiger partial charge is 0.331 e. The van der Waals surface area contributed by atoms with E-state index in [1.807, 2.05) is 31.2 Å². The van der Waals surface area contributed by atoms with E-state index in [2.05, 4.69) is 22.6 Å². The second-order valence-electron chi connectivity index (χ2n) is 2.88. The average Bonchev–Trinajstić information content (AvgIpc) is 2.16. The number of aliphatic carboxylic acids is 1. The van der Waals surface area contributed by atoms with Crippen molar-refractivity contribution in [2.24, 2.45) is 0 Å². The molecule has 0 aliphatic carbocycles. The Labute approximate surface area is 96.8 Å². The van der Waals surface area contributed by atoms with Gasteiger partial charge in [-0.2, -0.15) is 0 Å². The number of carboxylic acid groups (broad SMARTS) is 1. The number of carboxylic acids is 1. The van der Waals surface area contributed by atoms with Crippen molar-refractivity contribution < 1.29 is 9.90 Å². The zero-order valence-electron chi connectivity index (χ0n) is 7.83. The number of rotatable bonds is 3. The fraction of sp³-hybridized carbons (Fsp3) is 0.182. The summed E-state index contributed by atoms with van der Waals surface area (Å²) in [5.74, 6) is -0.842. The molecular weight excluding hydrogens is 291 g/mol. The first-order valence-electron chi connectivity index (χ1n) is 4.33. The third kappa shape index (κ3) is 3.14. The lowest BCUT2D eigenvalue weighted by molar-refractivity contribution is -0.132. The molecule has 2 nitrogen and oxygen atoms in total. The molecule has 0 radical (unpaired) electrons. The first-order valence-corrected chi connectivity index (χ1v) is 5.40. The summed E-state index contributed by atoms with van der Waals surface area (Å²) in [6, 6.07) is 7.75. The molecule has 0 aromatic heterocycles. The van der Waals surface area contributed by atoms with Gasteiger partial charge in [-0.3, -0.25) is 0 Å². The Bertz CT molecular complexity index is 352. The lowest BCUT2D eigenvalue weighted by atomic mass is 10.1. The van der Waals surface area contributed by atoms with Crippen molar-refractivity contribution in [3.8, 4) is 0 Å². The minimum absolute atomic E-state index is 0.436. The highest BCUT2D eigenvalue weighted by Gasteiger charge is 2.03. The van der Waals surface area contributed by atoms with E-state index in [1.54, 1.807) is 6.08 Å². The second-order valence-corrected chi connectivity index (χ2v) is 4.13. The van der Waals surface area contributed by atoms with Gasteiger partial charge in [0.25, 0.3) is 0 Å². The van der Waals surface area contributed by atoms with E-state index in [1.165, 1.54) is 0 Å². The summed E-state index contributed by atoms with van der Waals surface area (Å²) < 4.78 is 1.15. The van der Waals surface area contributed by atoms with Crippen LogP contribution in [0.2, 0.25) is 0 Å². The fourth-order valence-electron chi connectivity index (χ4n) is 1.08. The Kier molecular flexibility index (Phi) is 4.13. The molecule has 1 aromatic rings. The predicted octanol–water partition coefficient (Wildman–Crippen LogP) is 3.17. The van der Waals surface area contributed by atoms with Crippen LogP contribution in [0.5, 0.6) is 0 Å². The van der Waals surface area contributed by atoms with Crippen molar-refractivity contribution in [1.82, 2.24) is 0 Å². The highest BCUT2D eigenvalue weighted by Crippen LogP contribution is 2.12. The van der Waals surface area contributed by atoms with Crippen molar-refractivity contribution in [1.29, 1.82) is 0 Å². The van der Waals surface area contributed by atoms with Gasteiger partial charge in [-0.05, 0) is 52.8 Å². The fourth-order valence-corrected chi connectivity index (χ4v) is 1.43. The summed E-state index contributed by atoms with van der Waals surface area (Å²) in [4.78, 5) is 10.7. The molecule has 0 spiro atoms. The third-order valence-electron chi connectivity index (χ3n) is 1.87. The molecule has 0 aliphatic rings. The SMILES string of the molecule is CC/C(=C\c1ccc(I)cc1)C(=O)O. The molecule has 0 bridgehead atoms. The Morgan fingerprint density at radius 2 is 2.00 bits per heavy atom. The van der Waals surface area contributed by atoms with Crippen molar-refractivity contribution in [2.75, 3.05) is 0 Å². The van der Waals surface area contributed by atoms with Crippen LogP contribution in [0.15, 0.2) is 29.8 Å². The summed E-state index contributed by atoms with van der Waals surface area (Å²) in [6.45, 7) is 1.84. The van der Waals surface area contributed by atoms with Crippen LogP contribution in [0.25, 0.3) is 6.08 Å². The highest BCUT2D eigenvalue weighted by molar-refractivity contribution is 14.1. The molecule has 0 fully saturated rings. The normalized spacial score (nSPS) is 11.4. The van der Waals surface area contributed by atoms with E-state index >= 15 is 0 Å². The van der Waals surface area contributed by atoms with Crippen LogP contribution in [0.4, 0.5) is 0 Å². The zero-order chi connectivity index (χ0) is 10.6. The van der Waals surface area contributed by atoms with Crippen LogP contribution < -0.4 is 0 Å². The lowest BCUT2D eigenvalue weighted by Crippen LogP contribution is -1.98. The Morgan fingerprint density at radius 3 is 2.43 bits per heavy atom. The predicted molar refractivity (Wildman–Crippen MR) is 65.1 cm³/mol. The Morgan fingerprint density at radius 1 is 1.43 bits per heavy atom. The number of hydrogen-bond acceptors (Lipinski definition) is 1. The highest BCUT2D eigenvalue weighted by atomic mass is 127. The molecule has 0 unspecified atom stereocenters. The molecule has 0 aliphatic heterocycles. The molecule has 3 heteroatoms. The number of hydrogen-bond donors (Lipinski definition) is 1. The second kappa shape index (κ2) is 5.14. The molecule has 74 valence electrons. The largest absolute Gasteiger partial charge is 0.478 e. The van der Waals surface area contributed by atoms with Gasteiger partial charge >= 0.3 is 5.97 Å². The van der Waals surface area contributed by atoms with E-state index < -0.39 is 5.97 Å². The van der Waals surface area contributed by atoms with E-state index in [9.17, 15) is 4.79 Å². The van der Waals surface area contributed by atoms with Crippen LogP contribution in [0.1, 0.15) is 18.9 Å². The lowest BCUT2D eigenvalue weighted by Gasteiger charge is -1.98.